The van der Waals surface area contributed by atoms with Gasteiger partial charge in [0.2, 0.25) is 6.41 Å². The molecule has 0 spiro atoms. The third-order valence-corrected chi connectivity index (χ3v) is 4.11. The lowest BCUT2D eigenvalue weighted by Crippen LogP contribution is -2.37. The summed E-state index contributed by atoms with van der Waals surface area (Å²) in [6.07, 6.45) is 5.55. The Balaban J connectivity index is 2.03. The van der Waals surface area contributed by atoms with Gasteiger partial charge in [0.05, 0.1) is 0 Å². The summed E-state index contributed by atoms with van der Waals surface area (Å²) in [5.41, 5.74) is 4.16. The third kappa shape index (κ3) is 3.60. The molecule has 1 N–H and O–H groups in total. The molecule has 0 radical (unpaired) electrons. The number of hydrogen-bond acceptors (Lipinski definition) is 2. The first-order valence-electron chi connectivity index (χ1n) is 7.80. The van der Waals surface area contributed by atoms with E-state index in [4.69, 9.17) is 0 Å². The highest BCUT2D eigenvalue weighted by molar-refractivity contribution is 5.46. The van der Waals surface area contributed by atoms with Gasteiger partial charge in [0.1, 0.15) is 0 Å². The molecule has 0 unspecified atom stereocenters. The molecular formula is C17H26N2O. The van der Waals surface area contributed by atoms with E-state index in [9.17, 15) is 4.79 Å². The van der Waals surface area contributed by atoms with Crippen LogP contribution in [0.2, 0.25) is 0 Å². The Morgan fingerprint density at radius 1 is 1.20 bits per heavy atom. The summed E-state index contributed by atoms with van der Waals surface area (Å²) < 4.78 is 0. The van der Waals surface area contributed by atoms with Crippen LogP contribution in [-0.2, 0) is 24.2 Å². The lowest BCUT2D eigenvalue weighted by atomic mass is 10.1. The van der Waals surface area contributed by atoms with Crippen molar-refractivity contribution in [3.8, 4) is 0 Å². The predicted molar refractivity (Wildman–Crippen MR) is 82.7 cm³/mol. The molecule has 3 nitrogen and oxygen atoms in total. The van der Waals surface area contributed by atoms with Gasteiger partial charge in [-0.25, -0.2) is 0 Å². The topological polar surface area (TPSA) is 32.3 Å². The zero-order chi connectivity index (χ0) is 14.4. The molecule has 0 bridgehead atoms. The molecule has 1 aromatic rings. The van der Waals surface area contributed by atoms with Crippen molar-refractivity contribution in [3.63, 3.8) is 0 Å². The summed E-state index contributed by atoms with van der Waals surface area (Å²) in [5, 5.41) is 2.74. The number of nitrogens with zero attached hydrogens (tertiary/aromatic N) is 1. The molecule has 0 saturated heterocycles. The van der Waals surface area contributed by atoms with Crippen LogP contribution in [0.3, 0.4) is 0 Å². The number of carbonyl (C=O) groups excluding carboxylic acids is 1. The minimum atomic E-state index is 0.634. The summed E-state index contributed by atoms with van der Waals surface area (Å²) in [4.78, 5) is 13.0. The molecule has 20 heavy (non-hydrogen) atoms. The van der Waals surface area contributed by atoms with E-state index in [1.807, 2.05) is 0 Å². The van der Waals surface area contributed by atoms with Crippen LogP contribution in [0.15, 0.2) is 18.2 Å². The van der Waals surface area contributed by atoms with Crippen LogP contribution in [0.4, 0.5) is 0 Å². The highest BCUT2D eigenvalue weighted by Gasteiger charge is 2.25. The van der Waals surface area contributed by atoms with E-state index in [1.165, 1.54) is 49.0 Å². The molecule has 3 heteroatoms. The van der Waals surface area contributed by atoms with Gasteiger partial charge in [0.25, 0.3) is 0 Å². The standard InChI is InChI=1S/C17H26N2O/c1-3-7-19(8-4-2)17-10-15-6-5-14(12-18-13-20)9-16(15)11-17/h5-6,9,13,17H,3-4,7-8,10-12H2,1-2H3,(H,18,20)/t17-/m0/s1. The maximum absolute atomic E-state index is 10.4. The smallest absolute Gasteiger partial charge is 0.207 e. The molecule has 0 saturated carbocycles. The Morgan fingerprint density at radius 3 is 2.55 bits per heavy atom. The molecule has 0 heterocycles. The first kappa shape index (κ1) is 15.0. The van der Waals surface area contributed by atoms with Gasteiger partial charge in [0.15, 0.2) is 0 Å². The zero-order valence-corrected chi connectivity index (χ0v) is 12.7. The number of fused-ring (bicyclic) bond motifs is 1. The normalized spacial score (nSPS) is 17.2. The Morgan fingerprint density at radius 2 is 1.90 bits per heavy atom. The fourth-order valence-electron chi connectivity index (χ4n) is 3.23. The molecule has 1 aliphatic carbocycles. The fourth-order valence-corrected chi connectivity index (χ4v) is 3.23. The van der Waals surface area contributed by atoms with E-state index < -0.39 is 0 Å². The number of nitrogens with one attached hydrogen (secondary N) is 1. The quantitative estimate of drug-likeness (QED) is 0.739. The maximum Gasteiger partial charge on any atom is 0.207 e. The van der Waals surface area contributed by atoms with Gasteiger partial charge in [-0.05, 0) is 55.5 Å². The van der Waals surface area contributed by atoms with E-state index in [1.54, 1.807) is 0 Å². The summed E-state index contributed by atoms with van der Waals surface area (Å²) >= 11 is 0. The van der Waals surface area contributed by atoms with Crippen LogP contribution in [0.25, 0.3) is 0 Å². The number of carbonyl (C=O) groups is 1. The summed E-state index contributed by atoms with van der Waals surface area (Å²) in [6, 6.07) is 7.32. The maximum atomic E-state index is 10.4. The van der Waals surface area contributed by atoms with Crippen LogP contribution < -0.4 is 5.32 Å². The highest BCUT2D eigenvalue weighted by Crippen LogP contribution is 2.27. The lowest BCUT2D eigenvalue weighted by molar-refractivity contribution is -0.109. The Hall–Kier alpha value is -1.35. The Kier molecular flexibility index (Phi) is 5.60. The fraction of sp³-hybridized carbons (Fsp3) is 0.588. The van der Waals surface area contributed by atoms with Gasteiger partial charge in [-0.3, -0.25) is 9.69 Å². The van der Waals surface area contributed by atoms with Gasteiger partial charge < -0.3 is 5.32 Å². The van der Waals surface area contributed by atoms with E-state index >= 15 is 0 Å². The minimum absolute atomic E-state index is 0.634. The molecule has 1 atom stereocenters. The molecule has 1 amide bonds. The van der Waals surface area contributed by atoms with Crippen molar-refractivity contribution in [2.75, 3.05) is 13.1 Å². The molecule has 1 aromatic carbocycles. The zero-order valence-electron chi connectivity index (χ0n) is 12.7. The van der Waals surface area contributed by atoms with Crippen LogP contribution >= 0.6 is 0 Å². The van der Waals surface area contributed by atoms with Crippen molar-refractivity contribution in [2.45, 2.75) is 52.1 Å². The average molecular weight is 274 g/mol. The monoisotopic (exact) mass is 274 g/mol. The van der Waals surface area contributed by atoms with Crippen LogP contribution in [-0.4, -0.2) is 30.4 Å². The van der Waals surface area contributed by atoms with Crippen LogP contribution in [0.1, 0.15) is 43.4 Å². The third-order valence-electron chi connectivity index (χ3n) is 4.11. The number of amides is 1. The van der Waals surface area contributed by atoms with Crippen molar-refractivity contribution in [1.82, 2.24) is 10.2 Å². The predicted octanol–water partition coefficient (Wildman–Crippen LogP) is 2.52. The summed E-state index contributed by atoms with van der Waals surface area (Å²) in [5.74, 6) is 0. The van der Waals surface area contributed by atoms with Crippen LogP contribution in [0, 0.1) is 0 Å². The molecule has 0 aliphatic heterocycles. The molecule has 0 aromatic heterocycles. The van der Waals surface area contributed by atoms with E-state index in [2.05, 4.69) is 42.3 Å². The number of hydrogen-bond donors (Lipinski definition) is 1. The van der Waals surface area contributed by atoms with Crippen molar-refractivity contribution >= 4 is 6.41 Å². The van der Waals surface area contributed by atoms with Crippen LogP contribution in [0.5, 0.6) is 0 Å². The van der Waals surface area contributed by atoms with Gasteiger partial charge in [-0.15, -0.1) is 0 Å². The van der Waals surface area contributed by atoms with Crippen molar-refractivity contribution in [2.24, 2.45) is 0 Å². The average Bonchev–Trinajstić information content (AvgIpc) is 2.87. The van der Waals surface area contributed by atoms with Gasteiger partial charge in [-0.2, -0.15) is 0 Å². The van der Waals surface area contributed by atoms with Crippen molar-refractivity contribution in [1.29, 1.82) is 0 Å². The Bertz CT molecular complexity index is 439. The second kappa shape index (κ2) is 7.44. The largest absolute Gasteiger partial charge is 0.355 e. The molecule has 1 aliphatic rings. The minimum Gasteiger partial charge on any atom is -0.355 e. The lowest BCUT2D eigenvalue weighted by Gasteiger charge is -2.27. The van der Waals surface area contributed by atoms with E-state index in [-0.39, 0.29) is 0 Å². The Labute approximate surface area is 122 Å². The summed E-state index contributed by atoms with van der Waals surface area (Å²) in [7, 11) is 0. The molecule has 0 fully saturated rings. The SMILES string of the molecule is CCCN(CCC)[C@H]1Cc2ccc(CNC=O)cc2C1. The molecular weight excluding hydrogens is 248 g/mol. The highest BCUT2D eigenvalue weighted by atomic mass is 16.1. The van der Waals surface area contributed by atoms with Gasteiger partial charge >= 0.3 is 0 Å². The first-order chi connectivity index (χ1) is 9.78. The second-order valence-corrected chi connectivity index (χ2v) is 5.70. The van der Waals surface area contributed by atoms with Gasteiger partial charge in [0, 0.05) is 12.6 Å². The van der Waals surface area contributed by atoms with Crippen molar-refractivity contribution < 1.29 is 4.79 Å². The number of benzene rings is 1. The second-order valence-electron chi connectivity index (χ2n) is 5.70. The van der Waals surface area contributed by atoms with E-state index in [0.29, 0.717) is 12.6 Å². The van der Waals surface area contributed by atoms with E-state index in [0.717, 1.165) is 12.8 Å². The number of rotatable bonds is 8. The first-order valence-corrected chi connectivity index (χ1v) is 7.80. The molecule has 110 valence electrons. The van der Waals surface area contributed by atoms with Crippen molar-refractivity contribution in [3.05, 3.63) is 34.9 Å². The van der Waals surface area contributed by atoms with Gasteiger partial charge in [-0.1, -0.05) is 32.0 Å². The molecule has 2 rings (SSSR count). The summed E-state index contributed by atoms with van der Waals surface area (Å²) in [6.45, 7) is 7.55.